The van der Waals surface area contributed by atoms with Gasteiger partial charge in [-0.1, -0.05) is 18.2 Å². The van der Waals surface area contributed by atoms with Gasteiger partial charge in [-0.25, -0.2) is 17.2 Å². The van der Waals surface area contributed by atoms with Gasteiger partial charge in [-0.15, -0.1) is 0 Å². The number of benzene rings is 1. The lowest BCUT2D eigenvalue weighted by Gasteiger charge is -2.35. The lowest BCUT2D eigenvalue weighted by atomic mass is 9.81. The maximum Gasteiger partial charge on any atom is 0.317 e. The lowest BCUT2D eigenvalue weighted by molar-refractivity contribution is -0.139. The zero-order chi connectivity index (χ0) is 21.6. The Labute approximate surface area is 174 Å². The van der Waals surface area contributed by atoms with Crippen LogP contribution in [-0.2, 0) is 21.1 Å². The number of rotatable bonds is 5. The van der Waals surface area contributed by atoms with Crippen LogP contribution >= 0.6 is 0 Å². The fourth-order valence-corrected chi connectivity index (χ4v) is 5.52. The number of carboxylic acids is 1. The van der Waals surface area contributed by atoms with Crippen LogP contribution in [0.1, 0.15) is 24.8 Å². The molecule has 0 bridgehead atoms. The molecule has 2 aliphatic carbocycles. The summed E-state index contributed by atoms with van der Waals surface area (Å²) in [4.78, 5) is 13.4. The molecule has 8 heteroatoms. The third kappa shape index (κ3) is 3.74. The summed E-state index contributed by atoms with van der Waals surface area (Å²) in [7, 11) is -3.35. The molecule has 0 aromatic heterocycles. The monoisotopic (exact) mass is 435 g/mol. The van der Waals surface area contributed by atoms with Crippen LogP contribution in [0.15, 0.2) is 64.1 Å². The molecule has 0 radical (unpaired) electrons. The van der Waals surface area contributed by atoms with E-state index >= 15 is 0 Å². The van der Waals surface area contributed by atoms with Gasteiger partial charge in [0.2, 0.25) is 0 Å². The Hall–Kier alpha value is -2.32. The zero-order valence-corrected chi connectivity index (χ0v) is 17.3. The molecule has 4 rings (SSSR count). The maximum absolute atomic E-state index is 15.0. The van der Waals surface area contributed by atoms with Crippen LogP contribution in [0.2, 0.25) is 0 Å². The number of nitrogens with zero attached hydrogens (tertiary/aromatic N) is 1. The van der Waals surface area contributed by atoms with Crippen molar-refractivity contribution >= 4 is 15.8 Å². The van der Waals surface area contributed by atoms with E-state index in [0.717, 1.165) is 30.7 Å². The van der Waals surface area contributed by atoms with Crippen molar-refractivity contribution in [3.05, 3.63) is 64.8 Å². The average Bonchev–Trinajstić information content (AvgIpc) is 2.99. The molecule has 5 nitrogen and oxygen atoms in total. The highest BCUT2D eigenvalue weighted by molar-refractivity contribution is 7.90. The number of hydrogen-bond acceptors (Lipinski definition) is 4. The quantitative estimate of drug-likeness (QED) is 0.765. The number of carboxylic acid groups (broad SMARTS) is 1. The first-order valence-electron chi connectivity index (χ1n) is 9.90. The molecule has 1 saturated heterocycles. The zero-order valence-electron chi connectivity index (χ0n) is 16.5. The Morgan fingerprint density at radius 3 is 2.57 bits per heavy atom. The second kappa shape index (κ2) is 7.74. The second-order valence-corrected chi connectivity index (χ2v) is 10.2. The highest BCUT2D eigenvalue weighted by Gasteiger charge is 2.50. The van der Waals surface area contributed by atoms with Crippen molar-refractivity contribution in [3.63, 3.8) is 0 Å². The van der Waals surface area contributed by atoms with Gasteiger partial charge in [-0.05, 0) is 49.0 Å². The average molecular weight is 435 g/mol. The van der Waals surface area contributed by atoms with Crippen molar-refractivity contribution in [2.45, 2.75) is 42.7 Å². The molecule has 3 atom stereocenters. The van der Waals surface area contributed by atoms with E-state index in [9.17, 15) is 27.1 Å². The van der Waals surface area contributed by atoms with Gasteiger partial charge in [-0.2, -0.15) is 0 Å². The van der Waals surface area contributed by atoms with E-state index < -0.39 is 39.4 Å². The molecular weight excluding hydrogens is 412 g/mol. The first-order chi connectivity index (χ1) is 14.2. The van der Waals surface area contributed by atoms with E-state index in [1.807, 2.05) is 6.08 Å². The first-order valence-corrected chi connectivity index (χ1v) is 11.8. The van der Waals surface area contributed by atoms with Crippen molar-refractivity contribution < 1.29 is 27.1 Å². The largest absolute Gasteiger partial charge is 0.480 e. The van der Waals surface area contributed by atoms with Crippen LogP contribution in [-0.4, -0.2) is 49.3 Å². The van der Waals surface area contributed by atoms with Gasteiger partial charge in [0.25, 0.3) is 0 Å². The molecule has 1 heterocycles. The number of halogens is 2. The first kappa shape index (κ1) is 20.9. The van der Waals surface area contributed by atoms with Gasteiger partial charge in [0.05, 0.1) is 11.4 Å². The molecule has 30 heavy (non-hydrogen) atoms. The number of fused-ring (bicyclic) bond motifs is 3. The second-order valence-electron chi connectivity index (χ2n) is 8.13. The van der Waals surface area contributed by atoms with Gasteiger partial charge >= 0.3 is 5.97 Å². The third-order valence-electron chi connectivity index (χ3n) is 6.15. The molecule has 1 N–H and O–H groups in total. The van der Waals surface area contributed by atoms with Crippen molar-refractivity contribution in [3.8, 4) is 0 Å². The van der Waals surface area contributed by atoms with Crippen molar-refractivity contribution in [2.75, 3.05) is 12.8 Å². The number of likely N-dealkylation sites (tertiary alicyclic amines) is 1. The van der Waals surface area contributed by atoms with Crippen LogP contribution in [0.25, 0.3) is 0 Å². The van der Waals surface area contributed by atoms with Crippen LogP contribution in [0, 0.1) is 5.92 Å². The molecule has 3 aliphatic rings. The maximum atomic E-state index is 15.0. The number of hydrogen-bond donors (Lipinski definition) is 1. The van der Waals surface area contributed by atoms with Crippen LogP contribution in [0.5, 0.6) is 0 Å². The molecule has 3 unspecified atom stereocenters. The van der Waals surface area contributed by atoms with E-state index in [2.05, 4.69) is 0 Å². The SMILES string of the molecule is CS(=O)(=O)c1ccc(CC2C(F)=CC(F)=C3C4=CCCCC4N(CC(=O)O)C32)cc1. The molecule has 1 aromatic rings. The van der Waals surface area contributed by atoms with Crippen molar-refractivity contribution in [1.29, 1.82) is 0 Å². The highest BCUT2D eigenvalue weighted by Crippen LogP contribution is 2.49. The lowest BCUT2D eigenvalue weighted by Crippen LogP contribution is -2.45. The molecule has 1 aromatic carbocycles. The number of carbonyl (C=O) groups is 1. The minimum absolute atomic E-state index is 0.169. The summed E-state index contributed by atoms with van der Waals surface area (Å²) in [5.74, 6) is -3.03. The molecule has 1 aliphatic heterocycles. The Morgan fingerprint density at radius 1 is 1.23 bits per heavy atom. The summed E-state index contributed by atoms with van der Waals surface area (Å²) in [6.45, 7) is -0.291. The van der Waals surface area contributed by atoms with E-state index in [1.54, 1.807) is 17.0 Å². The molecule has 0 saturated carbocycles. The fraction of sp³-hybridized carbons (Fsp3) is 0.409. The van der Waals surface area contributed by atoms with E-state index in [1.165, 1.54) is 12.1 Å². The van der Waals surface area contributed by atoms with Gasteiger partial charge in [-0.3, -0.25) is 9.69 Å². The fourth-order valence-electron chi connectivity index (χ4n) is 4.89. The number of aliphatic carboxylic acids is 1. The number of allylic oxidation sites excluding steroid dienone is 3. The van der Waals surface area contributed by atoms with Crippen LogP contribution < -0.4 is 0 Å². The summed E-state index contributed by atoms with van der Waals surface area (Å²) >= 11 is 0. The minimum Gasteiger partial charge on any atom is -0.480 e. The topological polar surface area (TPSA) is 74.7 Å². The smallest absolute Gasteiger partial charge is 0.317 e. The van der Waals surface area contributed by atoms with Crippen molar-refractivity contribution in [2.24, 2.45) is 5.92 Å². The Balaban J connectivity index is 1.71. The van der Waals surface area contributed by atoms with Crippen molar-refractivity contribution in [1.82, 2.24) is 4.90 Å². The van der Waals surface area contributed by atoms with Gasteiger partial charge < -0.3 is 5.11 Å². The van der Waals surface area contributed by atoms with E-state index in [-0.39, 0.29) is 23.9 Å². The van der Waals surface area contributed by atoms with Gasteiger partial charge in [0, 0.05) is 35.9 Å². The summed E-state index contributed by atoms with van der Waals surface area (Å²) in [5.41, 5.74) is 1.89. The molecule has 160 valence electrons. The Kier molecular flexibility index (Phi) is 5.40. The standard InChI is InChI=1S/C22H23F2NO4S/c1-30(28,29)14-8-6-13(7-9-14)10-16-17(23)11-18(24)21-15-4-2-3-5-19(15)25(22(16)21)12-20(26)27/h4,6-9,11,16,19,22H,2-3,5,10,12H2,1H3,(H,26,27). The predicted molar refractivity (Wildman–Crippen MR) is 108 cm³/mol. The summed E-state index contributed by atoms with van der Waals surface area (Å²) in [6, 6.07) is 5.27. The predicted octanol–water partition coefficient (Wildman–Crippen LogP) is 3.59. The minimum atomic E-state index is -3.35. The third-order valence-corrected chi connectivity index (χ3v) is 7.28. The molecular formula is C22H23F2NO4S. The van der Waals surface area contributed by atoms with Crippen LogP contribution in [0.4, 0.5) is 8.78 Å². The summed E-state index contributed by atoms with van der Waals surface area (Å²) in [6.07, 6.45) is 6.57. The molecule has 1 fully saturated rings. The van der Waals surface area contributed by atoms with Gasteiger partial charge in [0.1, 0.15) is 11.7 Å². The van der Waals surface area contributed by atoms with E-state index in [4.69, 9.17) is 0 Å². The highest BCUT2D eigenvalue weighted by atomic mass is 32.2. The number of sulfone groups is 1. The molecule has 0 spiro atoms. The van der Waals surface area contributed by atoms with Gasteiger partial charge in [0.15, 0.2) is 9.84 Å². The summed E-state index contributed by atoms with van der Waals surface area (Å²) < 4.78 is 53.2. The Bertz CT molecular complexity index is 1070. The Morgan fingerprint density at radius 2 is 1.93 bits per heavy atom. The normalized spacial score (nSPS) is 26.7. The van der Waals surface area contributed by atoms with E-state index in [0.29, 0.717) is 17.6 Å². The van der Waals surface area contributed by atoms with Crippen LogP contribution in [0.3, 0.4) is 0 Å². The summed E-state index contributed by atoms with van der Waals surface area (Å²) in [5, 5.41) is 9.43. The molecule has 0 amide bonds.